The topological polar surface area (TPSA) is 134 Å². The molecular formula is C32H30Cl2FN9O2S. The van der Waals surface area contributed by atoms with Gasteiger partial charge in [0.15, 0.2) is 0 Å². The molecule has 15 heteroatoms. The van der Waals surface area contributed by atoms with E-state index in [-0.39, 0.29) is 22.7 Å². The van der Waals surface area contributed by atoms with Gasteiger partial charge in [-0.25, -0.2) is 13.9 Å². The van der Waals surface area contributed by atoms with Gasteiger partial charge in [0, 0.05) is 42.2 Å². The summed E-state index contributed by atoms with van der Waals surface area (Å²) in [6.45, 7) is 6.68. The largest absolute Gasteiger partial charge is 0.444 e. The lowest BCUT2D eigenvalue weighted by molar-refractivity contribution is 0.0184. The minimum absolute atomic E-state index is 0.0544. The van der Waals surface area contributed by atoms with Gasteiger partial charge in [-0.3, -0.25) is 9.97 Å². The molecular weight excluding hydrogens is 664 g/mol. The normalized spacial score (nSPS) is 14.5. The number of halogens is 3. The number of hydrogen-bond donors (Lipinski definition) is 2. The van der Waals surface area contributed by atoms with Crippen molar-refractivity contribution in [3.63, 3.8) is 0 Å². The van der Waals surface area contributed by atoms with E-state index in [9.17, 15) is 14.4 Å². The minimum Gasteiger partial charge on any atom is -0.444 e. The second kappa shape index (κ2) is 13.3. The summed E-state index contributed by atoms with van der Waals surface area (Å²) in [5.74, 6) is -0.552. The zero-order valence-corrected chi connectivity index (χ0v) is 28.0. The predicted octanol–water partition coefficient (Wildman–Crippen LogP) is 8.12. The second-order valence-electron chi connectivity index (χ2n) is 12.1. The number of amides is 1. The number of hydrogen-bond acceptors (Lipinski definition) is 10. The molecule has 4 heterocycles. The highest BCUT2D eigenvalue weighted by Gasteiger charge is 2.29. The molecule has 1 aliphatic heterocycles. The number of ether oxygens (including phenoxy) is 1. The van der Waals surface area contributed by atoms with E-state index in [1.165, 1.54) is 35.7 Å². The molecule has 0 radical (unpaired) electrons. The Balaban J connectivity index is 1.28. The molecule has 0 bridgehead atoms. The Hall–Kier alpha value is -4.51. The third-order valence-electron chi connectivity index (χ3n) is 7.60. The Bertz CT molecular complexity index is 1970. The monoisotopic (exact) mass is 693 g/mol. The van der Waals surface area contributed by atoms with Crippen LogP contribution in [0.4, 0.5) is 26.2 Å². The van der Waals surface area contributed by atoms with Crippen LogP contribution in [-0.2, 0) is 4.74 Å². The summed E-state index contributed by atoms with van der Waals surface area (Å²) in [4.78, 5) is 23.9. The Morgan fingerprint density at radius 2 is 1.91 bits per heavy atom. The average molecular weight is 695 g/mol. The third kappa shape index (κ3) is 7.25. The number of fused-ring (bicyclic) bond motifs is 1. The maximum Gasteiger partial charge on any atom is 0.410 e. The molecule has 2 aromatic carbocycles. The molecule has 0 unspecified atom stereocenters. The average Bonchev–Trinajstić information content (AvgIpc) is 3.75. The van der Waals surface area contributed by atoms with Crippen LogP contribution in [-0.4, -0.2) is 54.6 Å². The van der Waals surface area contributed by atoms with Crippen molar-refractivity contribution < 1.29 is 13.9 Å². The number of rotatable bonds is 7. The number of carbonyl (C=O) groups excluding carboxylic acids is 1. The van der Waals surface area contributed by atoms with Crippen LogP contribution >= 0.6 is 34.5 Å². The van der Waals surface area contributed by atoms with Gasteiger partial charge < -0.3 is 20.3 Å². The SMILES string of the molecule is CC(C)(C)OC(=O)N1CCC(n2cc([C@@H](Nc3cc(Cl)c4ncc(C#N)c(Nc5ccc(F)c(Cl)c5)c4c3)c3cncs3)nn2)CC1. The lowest BCUT2D eigenvalue weighted by Crippen LogP contribution is -2.42. The first kappa shape index (κ1) is 32.4. The van der Waals surface area contributed by atoms with E-state index in [0.29, 0.717) is 64.6 Å². The molecule has 0 aliphatic carbocycles. The molecule has 2 N–H and O–H groups in total. The molecule has 11 nitrogen and oxygen atoms in total. The first-order chi connectivity index (χ1) is 22.5. The fraction of sp³-hybridized carbons (Fsp3) is 0.312. The molecule has 6 rings (SSSR count). The third-order valence-corrected chi connectivity index (χ3v) is 9.01. The number of carbonyl (C=O) groups is 1. The fourth-order valence-corrected chi connectivity index (χ4v) is 6.48. The van der Waals surface area contributed by atoms with Gasteiger partial charge in [-0.15, -0.1) is 16.4 Å². The Morgan fingerprint density at radius 3 is 2.60 bits per heavy atom. The molecule has 1 aliphatic rings. The van der Waals surface area contributed by atoms with Crippen LogP contribution in [0.5, 0.6) is 0 Å². The lowest BCUT2D eigenvalue weighted by Gasteiger charge is -2.33. The highest BCUT2D eigenvalue weighted by Crippen LogP contribution is 2.38. The number of likely N-dealkylation sites (tertiary alicyclic amines) is 1. The van der Waals surface area contributed by atoms with Crippen LogP contribution in [0.3, 0.4) is 0 Å². The smallest absolute Gasteiger partial charge is 0.410 e. The van der Waals surface area contributed by atoms with E-state index in [1.54, 1.807) is 22.7 Å². The van der Waals surface area contributed by atoms with Crippen LogP contribution in [0.25, 0.3) is 10.9 Å². The van der Waals surface area contributed by atoms with Crippen molar-refractivity contribution in [2.45, 2.75) is 51.3 Å². The summed E-state index contributed by atoms with van der Waals surface area (Å²) < 4.78 is 21.2. The van der Waals surface area contributed by atoms with E-state index in [2.05, 4.69) is 37.0 Å². The molecule has 47 heavy (non-hydrogen) atoms. The van der Waals surface area contributed by atoms with E-state index in [4.69, 9.17) is 27.9 Å². The maximum atomic E-state index is 13.8. The zero-order chi connectivity index (χ0) is 33.3. The van der Waals surface area contributed by atoms with Gasteiger partial charge in [0.05, 0.1) is 49.4 Å². The molecule has 1 saturated heterocycles. The summed E-state index contributed by atoms with van der Waals surface area (Å²) in [7, 11) is 0. The van der Waals surface area contributed by atoms with Crippen molar-refractivity contribution in [1.29, 1.82) is 5.26 Å². The lowest BCUT2D eigenvalue weighted by atomic mass is 10.1. The van der Waals surface area contributed by atoms with Crippen LogP contribution < -0.4 is 10.6 Å². The van der Waals surface area contributed by atoms with Gasteiger partial charge in [-0.1, -0.05) is 28.4 Å². The van der Waals surface area contributed by atoms with Crippen LogP contribution in [0.2, 0.25) is 10.0 Å². The number of piperidine rings is 1. The van der Waals surface area contributed by atoms with Crippen molar-refractivity contribution in [1.82, 2.24) is 29.9 Å². The Labute approximate surface area is 284 Å². The van der Waals surface area contributed by atoms with Gasteiger partial charge in [-0.2, -0.15) is 5.26 Å². The number of nitriles is 1. The summed E-state index contributed by atoms with van der Waals surface area (Å²) >= 11 is 14.2. The van der Waals surface area contributed by atoms with Gasteiger partial charge >= 0.3 is 6.09 Å². The zero-order valence-electron chi connectivity index (χ0n) is 25.7. The van der Waals surface area contributed by atoms with E-state index < -0.39 is 17.5 Å². The number of thiazole rings is 1. The molecule has 0 spiro atoms. The van der Waals surface area contributed by atoms with E-state index >= 15 is 0 Å². The molecule has 1 fully saturated rings. The molecule has 1 atom stereocenters. The highest BCUT2D eigenvalue weighted by molar-refractivity contribution is 7.09. The van der Waals surface area contributed by atoms with Gasteiger partial charge in [0.2, 0.25) is 0 Å². The van der Waals surface area contributed by atoms with Gasteiger partial charge in [0.1, 0.15) is 29.2 Å². The summed E-state index contributed by atoms with van der Waals surface area (Å²) in [6.07, 6.45) is 6.23. The summed E-state index contributed by atoms with van der Waals surface area (Å²) in [6, 6.07) is 9.62. The first-order valence-electron chi connectivity index (χ1n) is 14.8. The number of nitrogens with zero attached hydrogens (tertiary/aromatic N) is 7. The standard InChI is InChI=1S/C32H30Cl2FN9O2S/c1-32(2,3)46-31(45)43-8-6-21(7-9-43)44-16-26(41-42-44)30(27-15-37-17-47-27)40-20-10-22-28(39-19-4-5-25(35)23(33)11-19)18(13-36)14-38-29(22)24(34)12-20/h4-5,10-12,14-17,21,30,40H,6-9H2,1-3H3,(H,38,39)/t30-/m1/s1. The van der Waals surface area contributed by atoms with Crippen LogP contribution in [0, 0.1) is 17.1 Å². The Kier molecular flexibility index (Phi) is 9.18. The quantitative estimate of drug-likeness (QED) is 0.173. The van der Waals surface area contributed by atoms with Crippen molar-refractivity contribution in [2.75, 3.05) is 23.7 Å². The number of benzene rings is 2. The summed E-state index contributed by atoms with van der Waals surface area (Å²) in [5.41, 5.74) is 4.19. The van der Waals surface area contributed by atoms with Crippen molar-refractivity contribution in [3.8, 4) is 6.07 Å². The van der Waals surface area contributed by atoms with Gasteiger partial charge in [0.25, 0.3) is 0 Å². The van der Waals surface area contributed by atoms with Crippen molar-refractivity contribution >= 4 is 68.6 Å². The molecule has 3 aromatic heterocycles. The Morgan fingerprint density at radius 1 is 1.15 bits per heavy atom. The van der Waals surface area contributed by atoms with Crippen LogP contribution in [0.15, 0.2) is 54.4 Å². The first-order valence-corrected chi connectivity index (χ1v) is 16.4. The highest BCUT2D eigenvalue weighted by atomic mass is 35.5. The number of aromatic nitrogens is 5. The maximum absolute atomic E-state index is 13.8. The minimum atomic E-state index is -0.552. The molecule has 242 valence electrons. The van der Waals surface area contributed by atoms with Crippen LogP contribution in [0.1, 0.15) is 61.8 Å². The van der Waals surface area contributed by atoms with Crippen molar-refractivity contribution in [3.05, 3.63) is 86.4 Å². The predicted molar refractivity (Wildman–Crippen MR) is 180 cm³/mol. The molecule has 1 amide bonds. The number of anilines is 3. The van der Waals surface area contributed by atoms with Gasteiger partial charge in [-0.05, 0) is 63.9 Å². The van der Waals surface area contributed by atoms with Crippen molar-refractivity contribution in [2.24, 2.45) is 0 Å². The second-order valence-corrected chi connectivity index (χ2v) is 13.8. The molecule has 0 saturated carbocycles. The molecule has 5 aromatic rings. The number of pyridine rings is 1. The van der Waals surface area contributed by atoms with E-state index in [0.717, 1.165) is 4.88 Å². The number of nitrogens with one attached hydrogen (secondary N) is 2. The van der Waals surface area contributed by atoms with E-state index in [1.807, 2.05) is 37.7 Å². The fourth-order valence-electron chi connectivity index (χ4n) is 5.35. The summed E-state index contributed by atoms with van der Waals surface area (Å²) in [5, 5.41) is 26.5.